The smallest absolute Gasteiger partial charge is 0.326 e. The van der Waals surface area contributed by atoms with Crippen LogP contribution in [0.4, 0.5) is 11.6 Å². The number of fused-ring (bicyclic) bond motifs is 2. The second-order valence-electron chi connectivity index (χ2n) is 9.41. The number of H-pyrrole nitrogens is 1. The van der Waals surface area contributed by atoms with E-state index in [1.807, 2.05) is 6.07 Å². The largest absolute Gasteiger partial charge is 0.480 e. The fourth-order valence-electron chi connectivity index (χ4n) is 4.60. The average Bonchev–Trinajstić information content (AvgIpc) is 3.38. The molecule has 1 unspecified atom stereocenters. The van der Waals surface area contributed by atoms with Crippen molar-refractivity contribution in [1.82, 2.24) is 30.2 Å². The number of aromatic amines is 1. The number of rotatable bonds is 14. The molecule has 1 aliphatic rings. The van der Waals surface area contributed by atoms with Crippen molar-refractivity contribution in [3.8, 4) is 0 Å². The minimum absolute atomic E-state index is 0.0728. The van der Waals surface area contributed by atoms with Crippen molar-refractivity contribution in [2.75, 3.05) is 43.4 Å². The number of carbonyl (C=O) groups is 2. The second kappa shape index (κ2) is 13.0. The Kier molecular flexibility index (Phi) is 9.25. The zero-order valence-electron chi connectivity index (χ0n) is 21.3. The summed E-state index contributed by atoms with van der Waals surface area (Å²) in [6.45, 7) is 5.04. The fraction of sp³-hybridized carbons (Fsp3) is 0.500. The maximum atomic E-state index is 12.0. The molecular formula is C26H36N8O3. The van der Waals surface area contributed by atoms with Crippen LogP contribution < -0.4 is 16.0 Å². The molecule has 0 radical (unpaired) electrons. The van der Waals surface area contributed by atoms with Gasteiger partial charge >= 0.3 is 5.97 Å². The highest BCUT2D eigenvalue weighted by molar-refractivity contribution is 5.89. The first-order valence-electron chi connectivity index (χ1n) is 13.0. The van der Waals surface area contributed by atoms with Crippen LogP contribution in [0.2, 0.25) is 0 Å². The SMILES string of the molecule is CC(=O)NCCN(CCCCc1ccc2c(n1)NCCC2)CCC(Nc1ncnc2[nH]ccc12)C(=O)O. The van der Waals surface area contributed by atoms with Gasteiger partial charge in [-0.25, -0.2) is 19.7 Å². The van der Waals surface area contributed by atoms with Crippen LogP contribution in [0, 0.1) is 0 Å². The molecule has 0 saturated heterocycles. The Morgan fingerprint density at radius 3 is 2.89 bits per heavy atom. The molecule has 4 rings (SSSR count). The lowest BCUT2D eigenvalue weighted by Crippen LogP contribution is -2.39. The number of hydrogen-bond acceptors (Lipinski definition) is 8. The van der Waals surface area contributed by atoms with Gasteiger partial charge in [0.2, 0.25) is 5.91 Å². The first-order chi connectivity index (χ1) is 18.0. The summed E-state index contributed by atoms with van der Waals surface area (Å²) < 4.78 is 0. The van der Waals surface area contributed by atoms with Gasteiger partial charge in [0.15, 0.2) is 0 Å². The van der Waals surface area contributed by atoms with Gasteiger partial charge in [-0.15, -0.1) is 0 Å². The summed E-state index contributed by atoms with van der Waals surface area (Å²) in [7, 11) is 0. The Morgan fingerprint density at radius 2 is 2.05 bits per heavy atom. The van der Waals surface area contributed by atoms with Crippen molar-refractivity contribution < 1.29 is 14.7 Å². The normalized spacial score (nSPS) is 13.7. The van der Waals surface area contributed by atoms with E-state index < -0.39 is 12.0 Å². The van der Waals surface area contributed by atoms with Crippen LogP contribution in [-0.2, 0) is 22.4 Å². The lowest BCUT2D eigenvalue weighted by Gasteiger charge is -2.25. The molecule has 0 aromatic carbocycles. The van der Waals surface area contributed by atoms with Crippen molar-refractivity contribution >= 4 is 34.5 Å². The van der Waals surface area contributed by atoms with E-state index in [0.717, 1.165) is 62.1 Å². The molecular weight excluding hydrogens is 472 g/mol. The van der Waals surface area contributed by atoms with E-state index >= 15 is 0 Å². The topological polar surface area (TPSA) is 148 Å². The lowest BCUT2D eigenvalue weighted by atomic mass is 10.1. The molecule has 11 nitrogen and oxygen atoms in total. The Morgan fingerprint density at radius 1 is 1.16 bits per heavy atom. The molecule has 37 heavy (non-hydrogen) atoms. The highest BCUT2D eigenvalue weighted by Gasteiger charge is 2.20. The molecule has 198 valence electrons. The Bertz CT molecular complexity index is 1200. The third kappa shape index (κ3) is 7.63. The van der Waals surface area contributed by atoms with Gasteiger partial charge in [-0.3, -0.25) is 4.79 Å². The van der Waals surface area contributed by atoms with E-state index in [-0.39, 0.29) is 5.91 Å². The molecule has 4 heterocycles. The van der Waals surface area contributed by atoms with Gasteiger partial charge in [-0.2, -0.15) is 0 Å². The molecule has 1 aliphatic heterocycles. The standard InChI is InChI=1S/C26H36N8O3/c1-18(35)27-13-16-34(14-3-2-6-20-8-7-19-5-4-11-28-23(19)32-20)15-10-22(26(36)37)33-25-21-9-12-29-24(21)30-17-31-25/h7-9,12,17,22H,2-6,10-11,13-16H2,1H3,(H,27,35)(H,28,32)(H,36,37)(H2,29,30,31,33). The number of carboxylic acid groups (broad SMARTS) is 1. The molecule has 3 aromatic rings. The predicted octanol–water partition coefficient (Wildman–Crippen LogP) is 2.43. The number of carboxylic acids is 1. The summed E-state index contributed by atoms with van der Waals surface area (Å²) in [6.07, 6.45) is 8.61. The van der Waals surface area contributed by atoms with Crippen molar-refractivity contribution in [2.45, 2.75) is 51.5 Å². The van der Waals surface area contributed by atoms with Crippen molar-refractivity contribution in [2.24, 2.45) is 0 Å². The number of carbonyl (C=O) groups excluding carboxylic acids is 1. The number of aryl methyl sites for hydroxylation is 2. The van der Waals surface area contributed by atoms with Crippen LogP contribution in [-0.4, -0.2) is 80.6 Å². The number of nitrogens with one attached hydrogen (secondary N) is 4. The number of aromatic nitrogens is 4. The molecule has 1 atom stereocenters. The minimum Gasteiger partial charge on any atom is -0.480 e. The molecule has 11 heteroatoms. The maximum absolute atomic E-state index is 12.0. The van der Waals surface area contributed by atoms with Gasteiger partial charge in [0, 0.05) is 45.0 Å². The van der Waals surface area contributed by atoms with E-state index in [1.165, 1.54) is 18.8 Å². The summed E-state index contributed by atoms with van der Waals surface area (Å²) in [5.41, 5.74) is 3.04. The number of unbranched alkanes of at least 4 members (excludes halogenated alkanes) is 1. The minimum atomic E-state index is -0.934. The zero-order valence-corrected chi connectivity index (χ0v) is 21.3. The van der Waals surface area contributed by atoms with Crippen molar-refractivity contribution in [1.29, 1.82) is 0 Å². The quantitative estimate of drug-likeness (QED) is 0.207. The van der Waals surface area contributed by atoms with Gasteiger partial charge in [-0.1, -0.05) is 6.07 Å². The monoisotopic (exact) mass is 508 g/mol. The van der Waals surface area contributed by atoms with E-state index in [4.69, 9.17) is 4.98 Å². The highest BCUT2D eigenvalue weighted by Crippen LogP contribution is 2.21. The van der Waals surface area contributed by atoms with Gasteiger partial charge < -0.3 is 30.9 Å². The molecule has 0 spiro atoms. The van der Waals surface area contributed by atoms with Gasteiger partial charge in [0.25, 0.3) is 0 Å². The lowest BCUT2D eigenvalue weighted by molar-refractivity contribution is -0.138. The fourth-order valence-corrected chi connectivity index (χ4v) is 4.60. The Hall–Kier alpha value is -3.73. The third-order valence-electron chi connectivity index (χ3n) is 6.61. The number of nitrogens with zero attached hydrogens (tertiary/aromatic N) is 4. The third-order valence-corrected chi connectivity index (χ3v) is 6.61. The van der Waals surface area contributed by atoms with Gasteiger partial charge in [0.1, 0.15) is 29.7 Å². The van der Waals surface area contributed by atoms with E-state index in [0.29, 0.717) is 37.5 Å². The molecule has 1 amide bonds. The number of anilines is 2. The highest BCUT2D eigenvalue weighted by atomic mass is 16.4. The summed E-state index contributed by atoms with van der Waals surface area (Å²) in [4.78, 5) is 41.7. The molecule has 0 fully saturated rings. The van der Waals surface area contributed by atoms with Crippen LogP contribution in [0.25, 0.3) is 11.0 Å². The van der Waals surface area contributed by atoms with E-state index in [9.17, 15) is 14.7 Å². The predicted molar refractivity (Wildman–Crippen MR) is 143 cm³/mol. The summed E-state index contributed by atoms with van der Waals surface area (Å²) in [6, 6.07) is 5.33. The van der Waals surface area contributed by atoms with Crippen molar-refractivity contribution in [3.05, 3.63) is 42.0 Å². The summed E-state index contributed by atoms with van der Waals surface area (Å²) in [5.74, 6) is 0.511. The van der Waals surface area contributed by atoms with E-state index in [1.54, 1.807) is 6.20 Å². The number of pyridine rings is 1. The zero-order chi connectivity index (χ0) is 26.0. The molecule has 0 bridgehead atoms. The Balaban J connectivity index is 1.30. The van der Waals surface area contributed by atoms with Crippen LogP contribution in [0.15, 0.2) is 30.7 Å². The molecule has 3 aromatic heterocycles. The van der Waals surface area contributed by atoms with Crippen LogP contribution in [0.1, 0.15) is 43.9 Å². The number of hydrogen-bond donors (Lipinski definition) is 5. The van der Waals surface area contributed by atoms with E-state index in [2.05, 4.69) is 47.9 Å². The van der Waals surface area contributed by atoms with Gasteiger partial charge in [-0.05, 0) is 62.8 Å². The molecule has 0 aliphatic carbocycles. The number of amides is 1. The number of aliphatic carboxylic acids is 1. The second-order valence-corrected chi connectivity index (χ2v) is 9.41. The van der Waals surface area contributed by atoms with Crippen LogP contribution >= 0.6 is 0 Å². The summed E-state index contributed by atoms with van der Waals surface area (Å²) >= 11 is 0. The van der Waals surface area contributed by atoms with Gasteiger partial charge in [0.05, 0.1) is 5.39 Å². The van der Waals surface area contributed by atoms with Crippen LogP contribution in [0.3, 0.4) is 0 Å². The molecule has 5 N–H and O–H groups in total. The molecule has 0 saturated carbocycles. The average molecular weight is 509 g/mol. The first-order valence-corrected chi connectivity index (χ1v) is 13.0. The maximum Gasteiger partial charge on any atom is 0.326 e. The van der Waals surface area contributed by atoms with Crippen LogP contribution in [0.5, 0.6) is 0 Å². The summed E-state index contributed by atoms with van der Waals surface area (Å²) in [5, 5.41) is 19.9. The van der Waals surface area contributed by atoms with Crippen molar-refractivity contribution in [3.63, 3.8) is 0 Å². The Labute approximate surface area is 216 Å². The first kappa shape index (κ1) is 26.3.